The molecule has 0 aliphatic carbocycles. The third-order valence-electron chi connectivity index (χ3n) is 11.5. The van der Waals surface area contributed by atoms with E-state index in [9.17, 15) is 8.42 Å². The molecule has 10 nitrogen and oxygen atoms in total. The van der Waals surface area contributed by atoms with Crippen LogP contribution in [-0.4, -0.2) is 59.4 Å². The van der Waals surface area contributed by atoms with Crippen molar-refractivity contribution >= 4 is 67.8 Å². The number of nitrogens with zero attached hydrogens (tertiary/aromatic N) is 6. The molecule has 0 saturated carbocycles. The van der Waals surface area contributed by atoms with Gasteiger partial charge in [0.25, 0.3) is 0 Å². The second kappa shape index (κ2) is 19.7. The van der Waals surface area contributed by atoms with Crippen LogP contribution in [0.2, 0.25) is 0 Å². The van der Waals surface area contributed by atoms with E-state index in [1.165, 1.54) is 0 Å². The molecule has 2 aliphatic rings. The first-order valence-electron chi connectivity index (χ1n) is 22.3. The van der Waals surface area contributed by atoms with Gasteiger partial charge in [-0.05, 0) is 132 Å². The van der Waals surface area contributed by atoms with Crippen LogP contribution in [0.25, 0.3) is 0 Å². The lowest BCUT2D eigenvalue weighted by molar-refractivity contribution is 0.408. The van der Waals surface area contributed by atoms with Gasteiger partial charge in [-0.15, -0.1) is 0 Å². The first-order chi connectivity index (χ1) is 32.9. The van der Waals surface area contributed by atoms with Gasteiger partial charge in [0.2, 0.25) is 9.84 Å². The summed E-state index contributed by atoms with van der Waals surface area (Å²) in [6, 6.07) is 71.3. The highest BCUT2D eigenvalue weighted by Crippen LogP contribution is 2.36. The Morgan fingerprint density at radius 3 is 0.940 bits per heavy atom. The highest BCUT2D eigenvalue weighted by atomic mass is 32.2. The molecule has 0 N–H and O–H groups in total. The van der Waals surface area contributed by atoms with Crippen LogP contribution < -0.4 is 19.8 Å². The number of ether oxygens (including phenoxy) is 2. The minimum Gasteiger partial charge on any atom is -0.371 e. The molecule has 10 rings (SSSR count). The SMILES string of the molecule is O=S(=O)(c1ccc(N(CC2CO2)/N=C/c2ccc(N(c3ccccc3)c3ccccc3)cc2)cc1)c1ccc(N(CC2CO2)/N=C/c2ccc(N(c3ccccc3)c3ccccc3)cc2)cc1. The average Bonchev–Trinajstić information content (AvgIpc) is 4.35. The van der Waals surface area contributed by atoms with E-state index in [4.69, 9.17) is 19.7 Å². The van der Waals surface area contributed by atoms with E-state index < -0.39 is 9.84 Å². The normalized spacial score (nSPS) is 15.3. The van der Waals surface area contributed by atoms with Crippen molar-refractivity contribution in [3.8, 4) is 0 Å². The summed E-state index contributed by atoms with van der Waals surface area (Å²) >= 11 is 0. The summed E-state index contributed by atoms with van der Waals surface area (Å²) < 4.78 is 39.1. The third kappa shape index (κ3) is 10.5. The van der Waals surface area contributed by atoms with Gasteiger partial charge in [0.1, 0.15) is 12.2 Å². The number of anilines is 8. The fourth-order valence-electron chi connectivity index (χ4n) is 7.80. The second-order valence-corrected chi connectivity index (χ2v) is 18.2. The minimum absolute atomic E-state index is 0.0542. The topological polar surface area (TPSA) is 96.9 Å². The maximum absolute atomic E-state index is 14.0. The summed E-state index contributed by atoms with van der Waals surface area (Å²) in [5.41, 5.74) is 9.66. The van der Waals surface area contributed by atoms with Crippen molar-refractivity contribution in [2.45, 2.75) is 22.0 Å². The Balaban J connectivity index is 0.823. The number of para-hydroxylation sites is 4. The molecule has 0 aromatic heterocycles. The van der Waals surface area contributed by atoms with Crippen molar-refractivity contribution in [3.05, 3.63) is 230 Å². The summed E-state index contributed by atoms with van der Waals surface area (Å²) in [5.74, 6) is 0. The first kappa shape index (κ1) is 43.1. The van der Waals surface area contributed by atoms with E-state index in [-0.39, 0.29) is 22.0 Å². The van der Waals surface area contributed by atoms with Crippen LogP contribution >= 0.6 is 0 Å². The lowest BCUT2D eigenvalue weighted by Crippen LogP contribution is -2.22. The maximum Gasteiger partial charge on any atom is 0.206 e. The molecule has 67 heavy (non-hydrogen) atoms. The van der Waals surface area contributed by atoms with E-state index in [0.29, 0.717) is 26.3 Å². The van der Waals surface area contributed by atoms with Crippen LogP contribution in [0, 0.1) is 0 Å². The van der Waals surface area contributed by atoms with Crippen molar-refractivity contribution in [2.24, 2.45) is 10.2 Å². The highest BCUT2D eigenvalue weighted by molar-refractivity contribution is 7.91. The molecular formula is C56H48N6O4S. The van der Waals surface area contributed by atoms with Gasteiger partial charge in [-0.1, -0.05) is 97.1 Å². The molecule has 0 amide bonds. The number of hydrogen-bond acceptors (Lipinski definition) is 10. The molecule has 8 aromatic rings. The summed E-state index contributed by atoms with van der Waals surface area (Å²) in [5, 5.41) is 13.4. The molecule has 2 unspecified atom stereocenters. The Morgan fingerprint density at radius 1 is 0.388 bits per heavy atom. The Hall–Kier alpha value is -7.83. The molecule has 0 spiro atoms. The smallest absolute Gasteiger partial charge is 0.206 e. The van der Waals surface area contributed by atoms with Crippen LogP contribution in [0.15, 0.2) is 238 Å². The van der Waals surface area contributed by atoms with Gasteiger partial charge in [-0.25, -0.2) is 8.42 Å². The van der Waals surface area contributed by atoms with Gasteiger partial charge in [-0.3, -0.25) is 10.0 Å². The molecule has 0 bridgehead atoms. The molecule has 8 aromatic carbocycles. The number of hydrazone groups is 2. The van der Waals surface area contributed by atoms with Gasteiger partial charge in [0.05, 0.1) is 59.9 Å². The quantitative estimate of drug-likeness (QED) is 0.0477. The van der Waals surface area contributed by atoms with Gasteiger partial charge >= 0.3 is 0 Å². The Kier molecular flexibility index (Phi) is 12.7. The summed E-state index contributed by atoms with van der Waals surface area (Å²) in [6.45, 7) is 2.39. The molecule has 2 heterocycles. The van der Waals surface area contributed by atoms with Crippen molar-refractivity contribution in [2.75, 3.05) is 46.1 Å². The number of rotatable bonds is 18. The highest BCUT2D eigenvalue weighted by Gasteiger charge is 2.28. The molecule has 11 heteroatoms. The van der Waals surface area contributed by atoms with E-state index >= 15 is 0 Å². The standard InChI is InChI=1S/C56H48N6O4S/c63-67(64,55-33-29-45(30-34-55)59(39-53-41-65-53)57-37-43-21-25-51(26-22-43)61(47-13-5-1-6-14-47)48-15-7-2-8-16-48)56-35-31-46(32-36-56)60(40-54-42-66-54)58-38-44-23-27-52(28-24-44)62(49-17-9-3-10-18-49)50-19-11-4-12-20-50/h1-38,53-54H,39-42H2/b57-37+,58-38+. The lowest BCUT2D eigenvalue weighted by atomic mass is 10.1. The van der Waals surface area contributed by atoms with Gasteiger partial charge in [0, 0.05) is 34.1 Å². The molecule has 2 fully saturated rings. The van der Waals surface area contributed by atoms with Crippen LogP contribution in [0.3, 0.4) is 0 Å². The number of epoxide rings is 2. The van der Waals surface area contributed by atoms with Gasteiger partial charge in [0.15, 0.2) is 0 Å². The minimum atomic E-state index is -3.83. The zero-order valence-electron chi connectivity index (χ0n) is 36.6. The zero-order valence-corrected chi connectivity index (χ0v) is 37.5. The van der Waals surface area contributed by atoms with E-state index in [1.54, 1.807) is 48.5 Å². The van der Waals surface area contributed by atoms with Gasteiger partial charge < -0.3 is 19.3 Å². The summed E-state index contributed by atoms with van der Waals surface area (Å²) in [4.78, 5) is 4.81. The molecule has 0 radical (unpaired) electrons. The van der Waals surface area contributed by atoms with E-state index in [1.807, 2.05) is 120 Å². The molecule has 2 aliphatic heterocycles. The van der Waals surface area contributed by atoms with Crippen molar-refractivity contribution in [1.29, 1.82) is 0 Å². The fraction of sp³-hybridized carbons (Fsp3) is 0.107. The Bertz CT molecular complexity index is 2740. The van der Waals surface area contributed by atoms with Crippen LogP contribution in [0.5, 0.6) is 0 Å². The van der Waals surface area contributed by atoms with Crippen LogP contribution in [-0.2, 0) is 19.3 Å². The van der Waals surface area contributed by atoms with E-state index in [0.717, 1.165) is 56.6 Å². The predicted octanol–water partition coefficient (Wildman–Crippen LogP) is 11.9. The maximum atomic E-state index is 14.0. The average molecular weight is 901 g/mol. The number of sulfone groups is 1. The number of benzene rings is 8. The molecule has 2 saturated heterocycles. The monoisotopic (exact) mass is 900 g/mol. The largest absolute Gasteiger partial charge is 0.371 e. The lowest BCUT2D eigenvalue weighted by Gasteiger charge is -2.25. The number of hydrogen-bond donors (Lipinski definition) is 0. The second-order valence-electron chi connectivity index (χ2n) is 16.3. The third-order valence-corrected chi connectivity index (χ3v) is 13.3. The molecular weight excluding hydrogens is 853 g/mol. The van der Waals surface area contributed by atoms with Crippen LogP contribution in [0.1, 0.15) is 11.1 Å². The molecule has 2 atom stereocenters. The van der Waals surface area contributed by atoms with Gasteiger partial charge in [-0.2, -0.15) is 10.2 Å². The summed E-state index contributed by atoms with van der Waals surface area (Å²) in [7, 11) is -3.83. The predicted molar refractivity (Wildman–Crippen MR) is 270 cm³/mol. The van der Waals surface area contributed by atoms with Crippen molar-refractivity contribution in [1.82, 2.24) is 0 Å². The van der Waals surface area contributed by atoms with Crippen molar-refractivity contribution in [3.63, 3.8) is 0 Å². The van der Waals surface area contributed by atoms with E-state index in [2.05, 4.69) is 82.6 Å². The summed E-state index contributed by atoms with van der Waals surface area (Å²) in [6.07, 6.45) is 3.74. The van der Waals surface area contributed by atoms with Crippen molar-refractivity contribution < 1.29 is 17.9 Å². The first-order valence-corrected chi connectivity index (χ1v) is 23.7. The Morgan fingerprint density at radius 2 is 0.657 bits per heavy atom. The fourth-order valence-corrected chi connectivity index (χ4v) is 9.06. The van der Waals surface area contributed by atoms with Crippen LogP contribution in [0.4, 0.5) is 45.5 Å². The Labute approximate surface area is 391 Å². The molecule has 332 valence electrons. The zero-order chi connectivity index (χ0) is 45.4.